The summed E-state index contributed by atoms with van der Waals surface area (Å²) in [5.74, 6) is -1.97. The maximum absolute atomic E-state index is 13.0. The summed E-state index contributed by atoms with van der Waals surface area (Å²) < 4.78 is 34.4. The van der Waals surface area contributed by atoms with Gasteiger partial charge in [-0.05, 0) is 26.0 Å². The van der Waals surface area contributed by atoms with Crippen LogP contribution in [0.3, 0.4) is 0 Å². The van der Waals surface area contributed by atoms with Gasteiger partial charge in [0.15, 0.2) is 0 Å². The lowest BCUT2D eigenvalue weighted by Crippen LogP contribution is -2.38. The van der Waals surface area contributed by atoms with E-state index in [2.05, 4.69) is 14.8 Å². The number of carbonyl (C=O) groups excluding carboxylic acids is 1. The standard InChI is InChI=1S/C15H22NO8P.C6H8N2O2/c1-11(21-2)10-23-25(20,24-12-7-5-4-6-8-12)16-13(15(18)19)9-14(17)22-3;1-2-8-4-3-5(9)7-6(8)10/h4-8,11,13H,9-10H2,1-3H3,(H,16,20)(H,18,19);3-4H,2H2,1H3,(H,7,9,10)/t11?,13-,25?;/m0./s1. The Bertz CT molecular complexity index is 1100. The number of esters is 1. The van der Waals surface area contributed by atoms with Crippen molar-refractivity contribution in [1.82, 2.24) is 14.6 Å². The first-order valence-corrected chi connectivity index (χ1v) is 12.0. The molecule has 0 spiro atoms. The Morgan fingerprint density at radius 2 is 1.83 bits per heavy atom. The van der Waals surface area contributed by atoms with E-state index >= 15 is 0 Å². The van der Waals surface area contributed by atoms with Gasteiger partial charge in [-0.2, -0.15) is 5.09 Å². The number of aryl methyl sites for hydroxylation is 1. The van der Waals surface area contributed by atoms with E-state index in [9.17, 15) is 28.8 Å². The van der Waals surface area contributed by atoms with E-state index in [0.717, 1.165) is 7.11 Å². The van der Waals surface area contributed by atoms with E-state index in [1.807, 2.05) is 6.92 Å². The van der Waals surface area contributed by atoms with E-state index < -0.39 is 38.3 Å². The molecule has 2 rings (SSSR count). The van der Waals surface area contributed by atoms with Gasteiger partial charge < -0.3 is 23.7 Å². The Hall–Kier alpha value is -3.25. The maximum Gasteiger partial charge on any atom is 0.459 e. The summed E-state index contributed by atoms with van der Waals surface area (Å²) in [6.07, 6.45) is 0.525. The average Bonchev–Trinajstić information content (AvgIpc) is 2.83. The van der Waals surface area contributed by atoms with Gasteiger partial charge >= 0.3 is 25.4 Å². The van der Waals surface area contributed by atoms with Gasteiger partial charge in [-0.25, -0.2) is 9.36 Å². The summed E-state index contributed by atoms with van der Waals surface area (Å²) in [6.45, 7) is 3.98. The number of aromatic amines is 1. The number of carboxylic acid groups (broad SMARTS) is 1. The van der Waals surface area contributed by atoms with Crippen LogP contribution in [-0.4, -0.2) is 59.6 Å². The second-order valence-electron chi connectivity index (χ2n) is 6.94. The molecule has 14 heteroatoms. The first kappa shape index (κ1) is 29.8. The first-order chi connectivity index (χ1) is 16.5. The molecule has 1 aromatic carbocycles. The maximum atomic E-state index is 13.0. The molecular formula is C21H30N3O10P. The van der Waals surface area contributed by atoms with Crippen LogP contribution in [0, 0.1) is 0 Å². The highest BCUT2D eigenvalue weighted by atomic mass is 31.2. The van der Waals surface area contributed by atoms with Crippen molar-refractivity contribution < 1.29 is 37.8 Å². The van der Waals surface area contributed by atoms with Gasteiger partial charge in [0.2, 0.25) is 0 Å². The zero-order chi connectivity index (χ0) is 26.4. The van der Waals surface area contributed by atoms with Crippen LogP contribution in [0.4, 0.5) is 0 Å². The fraction of sp³-hybridized carbons (Fsp3) is 0.429. The fourth-order valence-corrected chi connectivity index (χ4v) is 3.87. The number of aliphatic carboxylic acids is 1. The smallest absolute Gasteiger partial charge is 0.459 e. The minimum absolute atomic E-state index is 0.113. The quantitative estimate of drug-likeness (QED) is 0.275. The van der Waals surface area contributed by atoms with Crippen LogP contribution in [0.2, 0.25) is 0 Å². The van der Waals surface area contributed by atoms with E-state index in [4.69, 9.17) is 13.8 Å². The number of nitrogens with one attached hydrogen (secondary N) is 2. The van der Waals surface area contributed by atoms with E-state index in [1.165, 1.54) is 36.1 Å². The Morgan fingerprint density at radius 3 is 2.34 bits per heavy atom. The van der Waals surface area contributed by atoms with Gasteiger partial charge in [-0.1, -0.05) is 18.2 Å². The summed E-state index contributed by atoms with van der Waals surface area (Å²) >= 11 is 0. The largest absolute Gasteiger partial charge is 0.480 e. The molecule has 35 heavy (non-hydrogen) atoms. The number of carbonyl (C=O) groups is 2. The average molecular weight is 515 g/mol. The fourth-order valence-electron chi connectivity index (χ4n) is 2.30. The minimum atomic E-state index is -4.10. The Kier molecular flexibility index (Phi) is 12.7. The zero-order valence-corrected chi connectivity index (χ0v) is 20.7. The van der Waals surface area contributed by atoms with Crippen LogP contribution in [0.25, 0.3) is 0 Å². The van der Waals surface area contributed by atoms with Crippen molar-refractivity contribution in [2.24, 2.45) is 0 Å². The summed E-state index contributed by atoms with van der Waals surface area (Å²) in [4.78, 5) is 46.1. The lowest BCUT2D eigenvalue weighted by molar-refractivity contribution is -0.147. The summed E-state index contributed by atoms with van der Waals surface area (Å²) in [6, 6.07) is 7.92. The molecule has 0 bridgehead atoms. The van der Waals surface area contributed by atoms with Crippen LogP contribution in [0.5, 0.6) is 5.75 Å². The molecule has 13 nitrogen and oxygen atoms in total. The summed E-state index contributed by atoms with van der Waals surface area (Å²) in [5.41, 5.74) is -0.704. The Morgan fingerprint density at radius 1 is 1.17 bits per heavy atom. The molecule has 0 saturated carbocycles. The number of rotatable bonds is 12. The normalized spacial score (nSPS) is 13.9. The number of aromatic nitrogens is 2. The Labute approximate surface area is 201 Å². The molecule has 194 valence electrons. The number of benzene rings is 1. The van der Waals surface area contributed by atoms with Crippen LogP contribution in [-0.2, 0) is 34.7 Å². The number of ether oxygens (including phenoxy) is 2. The van der Waals surface area contributed by atoms with Crippen molar-refractivity contribution in [2.45, 2.75) is 39.0 Å². The number of hydrogen-bond donors (Lipinski definition) is 3. The lowest BCUT2D eigenvalue weighted by Gasteiger charge is -2.24. The van der Waals surface area contributed by atoms with Crippen LogP contribution in [0.1, 0.15) is 20.3 Å². The highest BCUT2D eigenvalue weighted by molar-refractivity contribution is 7.52. The van der Waals surface area contributed by atoms with Crippen molar-refractivity contribution >= 4 is 19.7 Å². The van der Waals surface area contributed by atoms with Crippen molar-refractivity contribution in [3.63, 3.8) is 0 Å². The second kappa shape index (κ2) is 14.9. The number of methoxy groups -OCH3 is 2. The molecule has 0 aliphatic rings. The minimum Gasteiger partial charge on any atom is -0.480 e. The summed E-state index contributed by atoms with van der Waals surface area (Å²) in [5, 5.41) is 11.5. The van der Waals surface area contributed by atoms with E-state index in [-0.39, 0.29) is 23.6 Å². The van der Waals surface area contributed by atoms with Crippen molar-refractivity contribution in [2.75, 3.05) is 20.8 Å². The van der Waals surface area contributed by atoms with Gasteiger partial charge in [0, 0.05) is 25.9 Å². The third kappa shape index (κ3) is 11.1. The lowest BCUT2D eigenvalue weighted by atomic mass is 10.2. The predicted octanol–water partition coefficient (Wildman–Crippen LogP) is 1.39. The monoisotopic (exact) mass is 515 g/mol. The third-order valence-corrected chi connectivity index (χ3v) is 5.87. The predicted molar refractivity (Wildman–Crippen MR) is 125 cm³/mol. The van der Waals surface area contributed by atoms with Crippen molar-refractivity contribution in [3.05, 3.63) is 63.4 Å². The molecule has 0 amide bonds. The molecule has 0 saturated heterocycles. The van der Waals surface area contributed by atoms with Crippen LogP contribution in [0.15, 0.2) is 52.2 Å². The third-order valence-electron chi connectivity index (χ3n) is 4.30. The van der Waals surface area contributed by atoms with Gasteiger partial charge in [-0.3, -0.25) is 23.9 Å². The molecule has 0 radical (unpaired) electrons. The van der Waals surface area contributed by atoms with Crippen molar-refractivity contribution in [1.29, 1.82) is 0 Å². The number of hydrogen-bond acceptors (Lipinski definition) is 9. The van der Waals surface area contributed by atoms with Gasteiger partial charge in [0.05, 0.1) is 26.2 Å². The van der Waals surface area contributed by atoms with E-state index in [0.29, 0.717) is 6.54 Å². The molecular weight excluding hydrogens is 485 g/mol. The van der Waals surface area contributed by atoms with E-state index in [1.54, 1.807) is 25.1 Å². The van der Waals surface area contributed by atoms with Crippen LogP contribution >= 0.6 is 7.75 Å². The number of carboxylic acids is 1. The Balaban J connectivity index is 0.000000507. The number of nitrogens with zero attached hydrogens (tertiary/aromatic N) is 1. The first-order valence-electron chi connectivity index (χ1n) is 10.4. The van der Waals surface area contributed by atoms with Gasteiger partial charge in [0.1, 0.15) is 11.8 Å². The SMILES string of the molecule is CCn1ccc(=O)[nH]c1=O.COC(=O)C[C@H](NP(=O)(OCC(C)OC)Oc1ccccc1)C(=O)O. The molecule has 2 unspecified atom stereocenters. The second-order valence-corrected chi connectivity index (χ2v) is 8.63. The number of para-hydroxylation sites is 1. The molecule has 1 heterocycles. The summed E-state index contributed by atoms with van der Waals surface area (Å²) in [7, 11) is -1.53. The highest BCUT2D eigenvalue weighted by Gasteiger charge is 2.35. The number of H-pyrrole nitrogens is 1. The van der Waals surface area contributed by atoms with Gasteiger partial charge in [0.25, 0.3) is 5.56 Å². The van der Waals surface area contributed by atoms with Gasteiger partial charge in [-0.15, -0.1) is 0 Å². The molecule has 0 fully saturated rings. The molecule has 2 aromatic rings. The zero-order valence-electron chi connectivity index (χ0n) is 19.8. The topological polar surface area (TPSA) is 175 Å². The molecule has 1 aromatic heterocycles. The molecule has 3 N–H and O–H groups in total. The molecule has 0 aliphatic heterocycles. The highest BCUT2D eigenvalue weighted by Crippen LogP contribution is 2.45. The molecule has 3 atom stereocenters. The molecule has 0 aliphatic carbocycles. The van der Waals surface area contributed by atoms with Crippen molar-refractivity contribution in [3.8, 4) is 5.75 Å². The van der Waals surface area contributed by atoms with Crippen LogP contribution < -0.4 is 20.9 Å².